The number of ether oxygens (including phenoxy) is 2. The lowest BCUT2D eigenvalue weighted by Crippen LogP contribution is -2.55. The van der Waals surface area contributed by atoms with Crippen molar-refractivity contribution in [2.75, 3.05) is 59.9 Å². The molecule has 0 radical (unpaired) electrons. The van der Waals surface area contributed by atoms with Crippen LogP contribution in [-0.2, 0) is 51.1 Å². The minimum absolute atomic E-state index is 0.0299. The normalized spacial score (nSPS) is 17.4. The summed E-state index contributed by atoms with van der Waals surface area (Å²) in [6, 6.07) is 14.2. The van der Waals surface area contributed by atoms with Crippen molar-refractivity contribution < 1.29 is 43.3 Å². The van der Waals surface area contributed by atoms with E-state index in [9.17, 15) is 33.9 Å². The average Bonchev–Trinajstić information content (AvgIpc) is 3.74. The molecule has 2 aromatic rings. The van der Waals surface area contributed by atoms with Crippen molar-refractivity contribution in [2.24, 2.45) is 17.8 Å². The number of methoxy groups -OCH3 is 2. The fourth-order valence-corrected chi connectivity index (χ4v) is 8.49. The molecule has 0 aromatic heterocycles. The number of carboxylic acids is 1. The van der Waals surface area contributed by atoms with Crippen LogP contribution in [0.5, 0.6) is 0 Å². The second-order valence-corrected chi connectivity index (χ2v) is 16.8. The maximum atomic E-state index is 14.2. The molecule has 3 N–H and O–H groups in total. The third kappa shape index (κ3) is 14.1. The first-order valence-corrected chi connectivity index (χ1v) is 21.4. The minimum atomic E-state index is -1.15. The third-order valence-corrected chi connectivity index (χ3v) is 12.2. The first-order chi connectivity index (χ1) is 29.0. The predicted octanol–water partition coefficient (Wildman–Crippen LogP) is 3.63. The highest BCUT2D eigenvalue weighted by atomic mass is 16.5. The van der Waals surface area contributed by atoms with Gasteiger partial charge in [0.1, 0.15) is 6.04 Å². The molecular formula is C46H70N6O9. The fourth-order valence-electron chi connectivity index (χ4n) is 8.49. The monoisotopic (exact) mass is 851 g/mol. The molecule has 1 saturated heterocycles. The van der Waals surface area contributed by atoms with Gasteiger partial charge in [-0.05, 0) is 61.4 Å². The van der Waals surface area contributed by atoms with Crippen LogP contribution in [0.3, 0.4) is 0 Å². The molecule has 15 heteroatoms. The number of rotatable bonds is 25. The van der Waals surface area contributed by atoms with Crippen molar-refractivity contribution in [2.45, 2.75) is 110 Å². The van der Waals surface area contributed by atoms with Gasteiger partial charge in [-0.25, -0.2) is 4.79 Å². The van der Waals surface area contributed by atoms with E-state index in [-0.39, 0.29) is 48.9 Å². The van der Waals surface area contributed by atoms with Crippen LogP contribution < -0.4 is 15.5 Å². The Bertz CT molecular complexity index is 1730. The number of amides is 5. The van der Waals surface area contributed by atoms with Gasteiger partial charge in [0.25, 0.3) is 0 Å². The van der Waals surface area contributed by atoms with Gasteiger partial charge in [-0.3, -0.25) is 28.9 Å². The van der Waals surface area contributed by atoms with Crippen molar-refractivity contribution in [1.82, 2.24) is 25.3 Å². The maximum Gasteiger partial charge on any atom is 0.326 e. The van der Waals surface area contributed by atoms with Crippen molar-refractivity contribution >= 4 is 41.7 Å². The molecule has 0 saturated carbocycles. The molecule has 2 aromatic carbocycles. The van der Waals surface area contributed by atoms with E-state index in [2.05, 4.69) is 10.6 Å². The summed E-state index contributed by atoms with van der Waals surface area (Å²) in [6.45, 7) is 10.4. The number of nitrogens with one attached hydrogen (secondary N) is 2. The number of carbonyl (C=O) groups is 6. The summed E-state index contributed by atoms with van der Waals surface area (Å²) < 4.78 is 11.8. The zero-order valence-electron chi connectivity index (χ0n) is 37.8. The molecule has 1 fully saturated rings. The van der Waals surface area contributed by atoms with Crippen LogP contribution >= 0.6 is 0 Å². The van der Waals surface area contributed by atoms with Crippen molar-refractivity contribution in [3.63, 3.8) is 0 Å². The first-order valence-electron chi connectivity index (χ1n) is 21.4. The van der Waals surface area contributed by atoms with Gasteiger partial charge in [0.15, 0.2) is 0 Å². The largest absolute Gasteiger partial charge is 0.480 e. The van der Waals surface area contributed by atoms with E-state index in [0.29, 0.717) is 38.8 Å². The molecule has 15 nitrogen and oxygen atoms in total. The van der Waals surface area contributed by atoms with E-state index < -0.39 is 54.2 Å². The lowest BCUT2D eigenvalue weighted by molar-refractivity contribution is -0.147. The lowest BCUT2D eigenvalue weighted by Gasteiger charge is -2.39. The number of anilines is 1. The van der Waals surface area contributed by atoms with Crippen LogP contribution in [0.4, 0.5) is 5.69 Å². The van der Waals surface area contributed by atoms with E-state index in [0.717, 1.165) is 23.2 Å². The van der Waals surface area contributed by atoms with E-state index in [1.807, 2.05) is 94.2 Å². The van der Waals surface area contributed by atoms with Crippen LogP contribution in [0, 0.1) is 17.8 Å². The molecular weight excluding hydrogens is 781 g/mol. The highest BCUT2D eigenvalue weighted by molar-refractivity contribution is 5.88. The van der Waals surface area contributed by atoms with E-state index in [1.54, 1.807) is 30.8 Å². The van der Waals surface area contributed by atoms with Gasteiger partial charge in [0, 0.05) is 53.5 Å². The number of carboxylic acid groups (broad SMARTS) is 1. The molecule has 1 heterocycles. The molecule has 5 amide bonds. The zero-order chi connectivity index (χ0) is 45.4. The number of nitrogens with zero attached hydrogens (tertiary/aromatic N) is 4. The number of hydrogen-bond donors (Lipinski definition) is 3. The second-order valence-electron chi connectivity index (χ2n) is 16.8. The molecule has 0 spiro atoms. The number of likely N-dealkylation sites (tertiary alicyclic amines) is 1. The second kappa shape index (κ2) is 24.5. The van der Waals surface area contributed by atoms with Gasteiger partial charge >= 0.3 is 5.97 Å². The van der Waals surface area contributed by atoms with E-state index in [4.69, 9.17) is 9.47 Å². The number of likely N-dealkylation sites (N-methyl/N-ethyl adjacent to an activating group) is 2. The highest BCUT2D eigenvalue weighted by Gasteiger charge is 2.42. The Morgan fingerprint density at radius 1 is 0.918 bits per heavy atom. The fraction of sp³-hybridized carbons (Fsp3) is 0.609. The molecule has 0 bridgehead atoms. The van der Waals surface area contributed by atoms with Crippen molar-refractivity contribution in [3.8, 4) is 0 Å². The molecule has 61 heavy (non-hydrogen) atoms. The smallest absolute Gasteiger partial charge is 0.326 e. The Balaban J connectivity index is 1.66. The van der Waals surface area contributed by atoms with Crippen LogP contribution in [0.1, 0.15) is 71.4 Å². The Labute approximate surface area is 362 Å². The zero-order valence-corrected chi connectivity index (χ0v) is 37.8. The summed E-state index contributed by atoms with van der Waals surface area (Å²) in [6.07, 6.45) is 2.15. The van der Waals surface area contributed by atoms with Gasteiger partial charge < -0.3 is 39.9 Å². The topological polar surface area (TPSA) is 178 Å². The van der Waals surface area contributed by atoms with E-state index >= 15 is 0 Å². The standard InChI is InChI=1S/C46H70N6O9/c1-11-31(4)42(51(8)40(55)28-47-45(57)41(30(2)3)49(6)25-23-33-19-21-35(22-20-33)50(7)29-53)38(60-9)27-39(54)52-24-15-18-37(52)43(61-10)32(5)44(56)48-36(46(58)59)26-34-16-13-12-14-17-34/h12-14,16-17,19-22,29-32,36-38,41-43H,11,15,18,23-28H2,1-10H3,(H,47,57)(H,48,56)(H,58,59)/t31-,32+,36-,37-,38+,41?,42-,43+/m0/s1. The number of aliphatic carboxylic acids is 1. The predicted molar refractivity (Wildman–Crippen MR) is 235 cm³/mol. The van der Waals surface area contributed by atoms with Crippen LogP contribution in [0.15, 0.2) is 54.6 Å². The highest BCUT2D eigenvalue weighted by Crippen LogP contribution is 2.29. The Morgan fingerprint density at radius 3 is 2.13 bits per heavy atom. The summed E-state index contributed by atoms with van der Waals surface area (Å²) in [5.41, 5.74) is 2.64. The Hall–Kier alpha value is -4.86. The average molecular weight is 851 g/mol. The summed E-state index contributed by atoms with van der Waals surface area (Å²) in [4.78, 5) is 85.1. The summed E-state index contributed by atoms with van der Waals surface area (Å²) in [5.74, 6) is -3.27. The summed E-state index contributed by atoms with van der Waals surface area (Å²) in [5, 5.41) is 15.4. The Kier molecular flexibility index (Phi) is 20.3. The van der Waals surface area contributed by atoms with Crippen molar-refractivity contribution in [1.29, 1.82) is 0 Å². The van der Waals surface area contributed by atoms with Gasteiger partial charge in [-0.2, -0.15) is 0 Å². The SMILES string of the molecule is CC[C@H](C)[C@@H]([C@@H](CC(=O)N1CCC[C@H]1[C@H](OC)[C@@H](C)C(=O)N[C@@H](Cc1ccccc1)C(=O)O)OC)N(C)C(=O)CNC(=O)C(C(C)C)N(C)CCc1ccc(N(C)C=O)cc1. The summed E-state index contributed by atoms with van der Waals surface area (Å²) in [7, 11) is 8.27. The van der Waals surface area contributed by atoms with Crippen LogP contribution in [0.25, 0.3) is 0 Å². The number of hydrogen-bond acceptors (Lipinski definition) is 9. The first kappa shape index (κ1) is 50.5. The van der Waals surface area contributed by atoms with Gasteiger partial charge in [0.05, 0.1) is 49.2 Å². The molecule has 8 atom stereocenters. The third-order valence-electron chi connectivity index (χ3n) is 12.2. The van der Waals surface area contributed by atoms with Gasteiger partial charge in [-0.15, -0.1) is 0 Å². The number of benzene rings is 2. The van der Waals surface area contributed by atoms with Crippen LogP contribution in [-0.4, -0.2) is 147 Å². The molecule has 0 aliphatic carbocycles. The molecule has 1 aliphatic rings. The van der Waals surface area contributed by atoms with Crippen molar-refractivity contribution in [3.05, 3.63) is 65.7 Å². The molecule has 338 valence electrons. The maximum absolute atomic E-state index is 14.2. The molecule has 1 aliphatic heterocycles. The lowest BCUT2D eigenvalue weighted by atomic mass is 9.90. The minimum Gasteiger partial charge on any atom is -0.480 e. The van der Waals surface area contributed by atoms with E-state index in [1.165, 1.54) is 19.1 Å². The van der Waals surface area contributed by atoms with Crippen LogP contribution in [0.2, 0.25) is 0 Å². The van der Waals surface area contributed by atoms with Gasteiger partial charge in [0.2, 0.25) is 30.0 Å². The van der Waals surface area contributed by atoms with Gasteiger partial charge in [-0.1, -0.05) is 83.5 Å². The quantitative estimate of drug-likeness (QED) is 0.125. The Morgan fingerprint density at radius 2 is 1.57 bits per heavy atom. The molecule has 3 rings (SSSR count). The summed E-state index contributed by atoms with van der Waals surface area (Å²) >= 11 is 0. The number of carbonyl (C=O) groups excluding carboxylic acids is 5. The molecule has 1 unspecified atom stereocenters.